The number of hydrogen-bond donors (Lipinski definition) is 1. The minimum Gasteiger partial charge on any atom is -0.457 e. The fourth-order valence-electron chi connectivity index (χ4n) is 1.70. The van der Waals surface area contributed by atoms with Gasteiger partial charge < -0.3 is 9.84 Å². The molecular formula is C15H14F2O2. The molecule has 2 rings (SSSR count). The minimum absolute atomic E-state index is 0.302. The standard InChI is InChI=1S/C15H14F2O2/c1-9-3-5-12(8-14(9)17)19-15-6-4-11(16)7-13(15)10(2)18/h3-8,10,18H,1-2H3/t10-/m1/s1. The zero-order valence-electron chi connectivity index (χ0n) is 10.7. The highest BCUT2D eigenvalue weighted by Crippen LogP contribution is 2.30. The molecule has 0 unspecified atom stereocenters. The van der Waals surface area contributed by atoms with Crippen molar-refractivity contribution in [2.24, 2.45) is 0 Å². The maximum atomic E-state index is 13.4. The van der Waals surface area contributed by atoms with E-state index in [9.17, 15) is 13.9 Å². The molecule has 0 saturated carbocycles. The first-order chi connectivity index (χ1) is 8.97. The van der Waals surface area contributed by atoms with E-state index in [0.717, 1.165) is 0 Å². The number of aryl methyl sites for hydroxylation is 1. The van der Waals surface area contributed by atoms with Crippen molar-refractivity contribution in [3.05, 3.63) is 59.2 Å². The van der Waals surface area contributed by atoms with E-state index in [1.807, 2.05) is 0 Å². The third-order valence-electron chi connectivity index (χ3n) is 2.79. The number of hydrogen-bond acceptors (Lipinski definition) is 2. The molecule has 2 aromatic carbocycles. The molecule has 0 saturated heterocycles. The van der Waals surface area contributed by atoms with E-state index in [4.69, 9.17) is 4.74 Å². The van der Waals surface area contributed by atoms with Crippen LogP contribution in [0.15, 0.2) is 36.4 Å². The summed E-state index contributed by atoms with van der Waals surface area (Å²) in [4.78, 5) is 0. The molecule has 4 heteroatoms. The highest BCUT2D eigenvalue weighted by atomic mass is 19.1. The van der Waals surface area contributed by atoms with Gasteiger partial charge in [0.2, 0.25) is 0 Å². The van der Waals surface area contributed by atoms with E-state index >= 15 is 0 Å². The van der Waals surface area contributed by atoms with Gasteiger partial charge in [-0.2, -0.15) is 0 Å². The van der Waals surface area contributed by atoms with Crippen LogP contribution in [0.2, 0.25) is 0 Å². The number of benzene rings is 2. The lowest BCUT2D eigenvalue weighted by atomic mass is 10.1. The van der Waals surface area contributed by atoms with Gasteiger partial charge in [-0.05, 0) is 43.7 Å². The number of aliphatic hydroxyl groups excluding tert-OH is 1. The molecule has 19 heavy (non-hydrogen) atoms. The average Bonchev–Trinajstić information content (AvgIpc) is 2.36. The largest absolute Gasteiger partial charge is 0.457 e. The van der Waals surface area contributed by atoms with Crippen LogP contribution in [0.1, 0.15) is 24.2 Å². The second-order valence-electron chi connectivity index (χ2n) is 4.37. The lowest BCUT2D eigenvalue weighted by Crippen LogP contribution is -1.97. The Hall–Kier alpha value is -1.94. The Balaban J connectivity index is 2.35. The molecule has 0 spiro atoms. The highest BCUT2D eigenvalue weighted by molar-refractivity contribution is 5.40. The van der Waals surface area contributed by atoms with Gasteiger partial charge in [0, 0.05) is 11.6 Å². The summed E-state index contributed by atoms with van der Waals surface area (Å²) < 4.78 is 32.0. The van der Waals surface area contributed by atoms with Crippen molar-refractivity contribution < 1.29 is 18.6 Å². The molecule has 0 radical (unpaired) electrons. The van der Waals surface area contributed by atoms with Gasteiger partial charge in [-0.3, -0.25) is 0 Å². The fraction of sp³-hybridized carbons (Fsp3) is 0.200. The van der Waals surface area contributed by atoms with Crippen molar-refractivity contribution in [3.8, 4) is 11.5 Å². The Morgan fingerprint density at radius 2 is 1.84 bits per heavy atom. The predicted octanol–water partition coefficient (Wildman–Crippen LogP) is 4.12. The zero-order valence-corrected chi connectivity index (χ0v) is 10.7. The maximum Gasteiger partial charge on any atom is 0.133 e. The molecule has 0 aliphatic rings. The topological polar surface area (TPSA) is 29.5 Å². The molecule has 0 fully saturated rings. The summed E-state index contributed by atoms with van der Waals surface area (Å²) in [5, 5.41) is 9.58. The molecule has 0 aliphatic heterocycles. The summed E-state index contributed by atoms with van der Waals surface area (Å²) >= 11 is 0. The molecule has 0 heterocycles. The summed E-state index contributed by atoms with van der Waals surface area (Å²) in [7, 11) is 0. The zero-order chi connectivity index (χ0) is 14.0. The first-order valence-corrected chi connectivity index (χ1v) is 5.89. The molecule has 0 aliphatic carbocycles. The van der Waals surface area contributed by atoms with Crippen LogP contribution in [-0.4, -0.2) is 5.11 Å². The van der Waals surface area contributed by atoms with Crippen molar-refractivity contribution in [1.29, 1.82) is 0 Å². The Labute approximate surface area is 110 Å². The summed E-state index contributed by atoms with van der Waals surface area (Å²) in [5.74, 6) is -0.229. The van der Waals surface area contributed by atoms with Crippen LogP contribution in [0.3, 0.4) is 0 Å². The summed E-state index contributed by atoms with van der Waals surface area (Å²) in [6.45, 7) is 3.16. The van der Waals surface area contributed by atoms with Gasteiger partial charge in [-0.15, -0.1) is 0 Å². The first kappa shape index (κ1) is 13.5. The molecule has 100 valence electrons. The van der Waals surface area contributed by atoms with Crippen LogP contribution in [0.4, 0.5) is 8.78 Å². The van der Waals surface area contributed by atoms with Crippen molar-refractivity contribution in [3.63, 3.8) is 0 Å². The summed E-state index contributed by atoms with van der Waals surface area (Å²) in [6, 6.07) is 8.31. The highest BCUT2D eigenvalue weighted by Gasteiger charge is 2.12. The van der Waals surface area contributed by atoms with Crippen LogP contribution < -0.4 is 4.74 Å². The second-order valence-corrected chi connectivity index (χ2v) is 4.37. The minimum atomic E-state index is -0.874. The molecule has 2 nitrogen and oxygen atoms in total. The number of rotatable bonds is 3. The monoisotopic (exact) mass is 264 g/mol. The smallest absolute Gasteiger partial charge is 0.133 e. The van der Waals surface area contributed by atoms with E-state index in [0.29, 0.717) is 22.6 Å². The second kappa shape index (κ2) is 5.36. The Morgan fingerprint density at radius 3 is 2.47 bits per heavy atom. The molecule has 0 aromatic heterocycles. The van der Waals surface area contributed by atoms with Crippen molar-refractivity contribution in [2.75, 3.05) is 0 Å². The average molecular weight is 264 g/mol. The Morgan fingerprint density at radius 1 is 1.11 bits per heavy atom. The lowest BCUT2D eigenvalue weighted by molar-refractivity contribution is 0.195. The van der Waals surface area contributed by atoms with Gasteiger partial charge in [0.1, 0.15) is 23.1 Å². The van der Waals surface area contributed by atoms with Gasteiger partial charge in [0.15, 0.2) is 0 Å². The molecule has 0 amide bonds. The third-order valence-corrected chi connectivity index (χ3v) is 2.79. The van der Waals surface area contributed by atoms with E-state index in [1.54, 1.807) is 19.1 Å². The first-order valence-electron chi connectivity index (χ1n) is 5.89. The Bertz CT molecular complexity index is 595. The fourth-order valence-corrected chi connectivity index (χ4v) is 1.70. The van der Waals surface area contributed by atoms with Crippen LogP contribution in [0.25, 0.3) is 0 Å². The van der Waals surface area contributed by atoms with Gasteiger partial charge >= 0.3 is 0 Å². The quantitative estimate of drug-likeness (QED) is 0.903. The third kappa shape index (κ3) is 3.09. The van der Waals surface area contributed by atoms with E-state index in [1.165, 1.54) is 31.2 Å². The number of aliphatic hydroxyl groups is 1. The van der Waals surface area contributed by atoms with Crippen LogP contribution in [0, 0.1) is 18.6 Å². The van der Waals surface area contributed by atoms with Gasteiger partial charge in [0.25, 0.3) is 0 Å². The summed E-state index contributed by atoms with van der Waals surface area (Å²) in [6.07, 6.45) is -0.874. The van der Waals surface area contributed by atoms with Crippen molar-refractivity contribution >= 4 is 0 Å². The number of ether oxygens (including phenoxy) is 1. The van der Waals surface area contributed by atoms with Gasteiger partial charge in [0.05, 0.1) is 6.10 Å². The van der Waals surface area contributed by atoms with Crippen molar-refractivity contribution in [2.45, 2.75) is 20.0 Å². The normalized spacial score (nSPS) is 12.3. The van der Waals surface area contributed by atoms with Crippen LogP contribution in [0.5, 0.6) is 11.5 Å². The van der Waals surface area contributed by atoms with Gasteiger partial charge in [-0.25, -0.2) is 8.78 Å². The van der Waals surface area contributed by atoms with E-state index in [2.05, 4.69) is 0 Å². The molecular weight excluding hydrogens is 250 g/mol. The van der Waals surface area contributed by atoms with Crippen molar-refractivity contribution in [1.82, 2.24) is 0 Å². The molecule has 2 aromatic rings. The van der Waals surface area contributed by atoms with E-state index < -0.39 is 11.9 Å². The molecule has 0 bridgehead atoms. The predicted molar refractivity (Wildman–Crippen MR) is 68.2 cm³/mol. The molecule has 1 N–H and O–H groups in total. The maximum absolute atomic E-state index is 13.4. The SMILES string of the molecule is Cc1ccc(Oc2ccc(F)cc2[C@@H](C)O)cc1F. The Kier molecular flexibility index (Phi) is 3.81. The van der Waals surface area contributed by atoms with E-state index in [-0.39, 0.29) is 5.82 Å². The van der Waals surface area contributed by atoms with Crippen LogP contribution in [-0.2, 0) is 0 Å². The van der Waals surface area contributed by atoms with Crippen LogP contribution >= 0.6 is 0 Å². The van der Waals surface area contributed by atoms with Gasteiger partial charge in [-0.1, -0.05) is 6.07 Å². The number of halogens is 2. The lowest BCUT2D eigenvalue weighted by Gasteiger charge is -2.13. The molecule has 1 atom stereocenters. The summed E-state index contributed by atoms with van der Waals surface area (Å²) in [5.41, 5.74) is 0.836.